The van der Waals surface area contributed by atoms with Crippen LogP contribution in [0.3, 0.4) is 0 Å². The molecule has 0 bridgehead atoms. The lowest BCUT2D eigenvalue weighted by atomic mass is 9.90. The summed E-state index contributed by atoms with van der Waals surface area (Å²) in [6.45, 7) is 2.78. The Morgan fingerprint density at radius 1 is 1.11 bits per heavy atom. The van der Waals surface area contributed by atoms with Gasteiger partial charge in [-0.15, -0.1) is 0 Å². The number of nitrogens with two attached hydrogens (primary N) is 1. The summed E-state index contributed by atoms with van der Waals surface area (Å²) in [5.74, 6) is 0.743. The predicted molar refractivity (Wildman–Crippen MR) is 79.6 cm³/mol. The first-order valence-corrected chi connectivity index (χ1v) is 6.46. The Hall–Kier alpha value is -2.29. The zero-order valence-electron chi connectivity index (χ0n) is 10.9. The molecule has 1 aliphatic heterocycles. The van der Waals surface area contributed by atoms with E-state index in [1.165, 1.54) is 16.7 Å². The fourth-order valence-corrected chi connectivity index (χ4v) is 2.46. The smallest absolute Gasteiger partial charge is 0.193 e. The fraction of sp³-hybridized carbons (Fsp3) is 0.188. The van der Waals surface area contributed by atoms with Crippen LogP contribution < -0.4 is 11.1 Å². The van der Waals surface area contributed by atoms with Gasteiger partial charge in [-0.3, -0.25) is 4.99 Å². The van der Waals surface area contributed by atoms with Gasteiger partial charge in [0.15, 0.2) is 5.96 Å². The van der Waals surface area contributed by atoms with E-state index in [2.05, 4.69) is 53.6 Å². The van der Waals surface area contributed by atoms with Crippen molar-refractivity contribution in [1.29, 1.82) is 0 Å². The molecule has 0 saturated heterocycles. The summed E-state index contributed by atoms with van der Waals surface area (Å²) in [6.07, 6.45) is 0. The number of aryl methyl sites for hydroxylation is 1. The Bertz CT molecular complexity index is 614. The van der Waals surface area contributed by atoms with Crippen LogP contribution in [0.15, 0.2) is 53.5 Å². The van der Waals surface area contributed by atoms with Crippen LogP contribution >= 0.6 is 0 Å². The highest BCUT2D eigenvalue weighted by Crippen LogP contribution is 2.32. The molecule has 0 fully saturated rings. The molecular weight excluding hydrogens is 234 g/mol. The second kappa shape index (κ2) is 4.76. The summed E-state index contributed by atoms with van der Waals surface area (Å²) in [5.41, 5.74) is 10.7. The topological polar surface area (TPSA) is 50.4 Å². The minimum absolute atomic E-state index is 0.255. The van der Waals surface area contributed by atoms with Crippen molar-refractivity contribution in [2.75, 3.05) is 11.9 Å². The quantitative estimate of drug-likeness (QED) is 0.818. The highest BCUT2D eigenvalue weighted by Gasteiger charge is 2.20. The highest BCUT2D eigenvalue weighted by atomic mass is 15.1. The lowest BCUT2D eigenvalue weighted by Gasteiger charge is -2.17. The number of nitrogens with one attached hydrogen (secondary N) is 1. The molecule has 1 aliphatic rings. The Balaban J connectivity index is 2.08. The molecule has 0 amide bonds. The predicted octanol–water partition coefficient (Wildman–Crippen LogP) is 2.87. The summed E-state index contributed by atoms with van der Waals surface area (Å²) in [7, 11) is 0. The Morgan fingerprint density at radius 2 is 1.84 bits per heavy atom. The van der Waals surface area contributed by atoms with E-state index in [1.807, 2.05) is 12.1 Å². The standard InChI is InChI=1S/C16H17N3/c1-11-6-8-12(9-7-11)14-10-18-16(17)19-15-5-3-2-4-13(14)15/h2-9,14H,10H2,1H3,(H3,17,18,19). The van der Waals surface area contributed by atoms with Crippen molar-refractivity contribution in [2.24, 2.45) is 10.7 Å². The van der Waals surface area contributed by atoms with Crippen molar-refractivity contribution in [3.63, 3.8) is 0 Å². The van der Waals surface area contributed by atoms with Crippen molar-refractivity contribution in [1.82, 2.24) is 0 Å². The minimum Gasteiger partial charge on any atom is -0.370 e. The third-order valence-electron chi connectivity index (χ3n) is 3.52. The van der Waals surface area contributed by atoms with Crippen molar-refractivity contribution < 1.29 is 0 Å². The molecule has 2 aromatic carbocycles. The molecule has 1 atom stereocenters. The number of nitrogens with zero attached hydrogens (tertiary/aromatic N) is 1. The molecule has 3 N–H and O–H groups in total. The molecule has 3 nitrogen and oxygen atoms in total. The summed E-state index contributed by atoms with van der Waals surface area (Å²) in [4.78, 5) is 4.40. The van der Waals surface area contributed by atoms with Crippen LogP contribution in [0.5, 0.6) is 0 Å². The van der Waals surface area contributed by atoms with Gasteiger partial charge in [-0.05, 0) is 24.1 Å². The Morgan fingerprint density at radius 3 is 2.63 bits per heavy atom. The first-order chi connectivity index (χ1) is 9.24. The van der Waals surface area contributed by atoms with Crippen LogP contribution in [0.1, 0.15) is 22.6 Å². The Labute approximate surface area is 113 Å². The van der Waals surface area contributed by atoms with E-state index < -0.39 is 0 Å². The second-order valence-corrected chi connectivity index (χ2v) is 4.90. The van der Waals surface area contributed by atoms with E-state index >= 15 is 0 Å². The number of hydrogen-bond acceptors (Lipinski definition) is 3. The Kier molecular flexibility index (Phi) is 2.95. The van der Waals surface area contributed by atoms with E-state index in [9.17, 15) is 0 Å². The van der Waals surface area contributed by atoms with Crippen LogP contribution in [0.25, 0.3) is 0 Å². The van der Waals surface area contributed by atoms with E-state index in [4.69, 9.17) is 5.73 Å². The van der Waals surface area contributed by atoms with Crippen LogP contribution in [-0.2, 0) is 0 Å². The molecule has 1 unspecified atom stereocenters. The van der Waals surface area contributed by atoms with Gasteiger partial charge in [0.2, 0.25) is 0 Å². The lowest BCUT2D eigenvalue weighted by molar-refractivity contribution is 0.828. The molecule has 0 aromatic heterocycles. The van der Waals surface area contributed by atoms with Gasteiger partial charge in [0.1, 0.15) is 0 Å². The average molecular weight is 251 g/mol. The average Bonchev–Trinajstić information content (AvgIpc) is 2.58. The molecule has 19 heavy (non-hydrogen) atoms. The van der Waals surface area contributed by atoms with Gasteiger partial charge in [0.05, 0.1) is 6.54 Å². The summed E-state index contributed by atoms with van der Waals surface area (Å²) >= 11 is 0. The minimum atomic E-state index is 0.255. The van der Waals surface area contributed by atoms with Crippen molar-refractivity contribution >= 4 is 11.6 Å². The van der Waals surface area contributed by atoms with Gasteiger partial charge >= 0.3 is 0 Å². The number of benzene rings is 2. The van der Waals surface area contributed by atoms with Gasteiger partial charge < -0.3 is 11.1 Å². The summed E-state index contributed by atoms with van der Waals surface area (Å²) < 4.78 is 0. The number of fused-ring (bicyclic) bond motifs is 1. The van der Waals surface area contributed by atoms with Gasteiger partial charge in [-0.25, -0.2) is 0 Å². The van der Waals surface area contributed by atoms with Crippen LogP contribution in [0.2, 0.25) is 0 Å². The molecule has 1 heterocycles. The molecule has 3 rings (SSSR count). The fourth-order valence-electron chi connectivity index (χ4n) is 2.46. The molecular formula is C16H17N3. The van der Waals surface area contributed by atoms with E-state index in [-0.39, 0.29) is 5.92 Å². The zero-order chi connectivity index (χ0) is 13.2. The third-order valence-corrected chi connectivity index (χ3v) is 3.52. The second-order valence-electron chi connectivity index (χ2n) is 4.90. The van der Waals surface area contributed by atoms with Gasteiger partial charge in [0.25, 0.3) is 0 Å². The van der Waals surface area contributed by atoms with E-state index in [1.54, 1.807) is 0 Å². The lowest BCUT2D eigenvalue weighted by Crippen LogP contribution is -2.21. The van der Waals surface area contributed by atoms with Gasteiger partial charge in [-0.1, -0.05) is 48.0 Å². The molecule has 0 saturated carbocycles. The number of para-hydroxylation sites is 1. The van der Waals surface area contributed by atoms with Crippen molar-refractivity contribution in [3.8, 4) is 0 Å². The third kappa shape index (κ3) is 2.32. The first-order valence-electron chi connectivity index (χ1n) is 6.46. The largest absolute Gasteiger partial charge is 0.370 e. The number of anilines is 1. The highest BCUT2D eigenvalue weighted by molar-refractivity contribution is 5.94. The summed E-state index contributed by atoms with van der Waals surface area (Å²) in [6, 6.07) is 16.9. The SMILES string of the molecule is Cc1ccc(C2CN=C(N)Nc3ccccc32)cc1. The molecule has 0 spiro atoms. The summed E-state index contributed by atoms with van der Waals surface area (Å²) in [5, 5.41) is 3.16. The van der Waals surface area contributed by atoms with Crippen LogP contribution in [0, 0.1) is 6.92 Å². The normalized spacial score (nSPS) is 17.9. The van der Waals surface area contributed by atoms with Crippen LogP contribution in [-0.4, -0.2) is 12.5 Å². The van der Waals surface area contributed by atoms with E-state index in [0.717, 1.165) is 5.69 Å². The maximum Gasteiger partial charge on any atom is 0.193 e. The molecule has 0 aliphatic carbocycles. The molecule has 3 heteroatoms. The van der Waals surface area contributed by atoms with Crippen LogP contribution in [0.4, 0.5) is 5.69 Å². The van der Waals surface area contributed by atoms with Crippen molar-refractivity contribution in [2.45, 2.75) is 12.8 Å². The number of aliphatic imine (C=N–C) groups is 1. The first kappa shape index (κ1) is 11.8. The number of rotatable bonds is 1. The number of hydrogen-bond donors (Lipinski definition) is 2. The molecule has 2 aromatic rings. The monoisotopic (exact) mass is 251 g/mol. The van der Waals surface area contributed by atoms with E-state index in [0.29, 0.717) is 12.5 Å². The molecule has 96 valence electrons. The maximum absolute atomic E-state index is 5.85. The van der Waals surface area contributed by atoms with Gasteiger partial charge in [-0.2, -0.15) is 0 Å². The number of guanidine groups is 1. The van der Waals surface area contributed by atoms with Gasteiger partial charge in [0, 0.05) is 11.6 Å². The maximum atomic E-state index is 5.85. The molecule has 0 radical (unpaired) electrons. The van der Waals surface area contributed by atoms with Crippen molar-refractivity contribution in [3.05, 3.63) is 65.2 Å². The zero-order valence-corrected chi connectivity index (χ0v) is 10.9.